The molecule has 2 heterocycles. The molecule has 2 rings (SSSR count). The van der Waals surface area contributed by atoms with Gasteiger partial charge < -0.3 is 14.2 Å². The Hall–Kier alpha value is -1.26. The van der Waals surface area contributed by atoms with Crippen LogP contribution < -0.4 is 5.32 Å². The van der Waals surface area contributed by atoms with Gasteiger partial charge in [0, 0.05) is 6.54 Å². The van der Waals surface area contributed by atoms with E-state index in [4.69, 9.17) is 20.4 Å². The molecule has 2 aromatic rings. The first kappa shape index (κ1) is 12.2. The molecule has 0 radical (unpaired) electrons. The Morgan fingerprint density at radius 1 is 1.41 bits per heavy atom. The second-order valence-electron chi connectivity index (χ2n) is 4.26. The fourth-order valence-corrected chi connectivity index (χ4v) is 1.75. The monoisotopic (exact) mass is 254 g/mol. The summed E-state index contributed by atoms with van der Waals surface area (Å²) in [7, 11) is 0. The maximum atomic E-state index is 5.91. The third-order valence-corrected chi connectivity index (χ3v) is 2.64. The number of aromatic nitrogens is 1. The van der Waals surface area contributed by atoms with E-state index in [-0.39, 0.29) is 0 Å². The van der Waals surface area contributed by atoms with Crippen LogP contribution in [0.3, 0.4) is 0 Å². The first-order valence-corrected chi connectivity index (χ1v) is 5.92. The average molecular weight is 255 g/mol. The summed E-state index contributed by atoms with van der Waals surface area (Å²) >= 11 is 5.91. The smallest absolute Gasteiger partial charge is 0.204 e. The van der Waals surface area contributed by atoms with Crippen molar-refractivity contribution in [1.29, 1.82) is 0 Å². The van der Waals surface area contributed by atoms with Gasteiger partial charge in [0.25, 0.3) is 0 Å². The summed E-state index contributed by atoms with van der Waals surface area (Å²) in [5.74, 6) is 1.27. The van der Waals surface area contributed by atoms with Crippen LogP contribution in [-0.2, 0) is 6.54 Å². The van der Waals surface area contributed by atoms with Crippen LogP contribution in [0.15, 0.2) is 27.6 Å². The number of furan rings is 1. The van der Waals surface area contributed by atoms with Crippen LogP contribution in [0, 0.1) is 5.92 Å². The van der Waals surface area contributed by atoms with Crippen LogP contribution in [-0.4, -0.2) is 11.5 Å². The molecule has 0 unspecified atom stereocenters. The second kappa shape index (κ2) is 5.38. The van der Waals surface area contributed by atoms with Gasteiger partial charge in [-0.15, -0.1) is 0 Å². The molecule has 0 spiro atoms. The van der Waals surface area contributed by atoms with Crippen molar-refractivity contribution in [3.63, 3.8) is 0 Å². The highest BCUT2D eigenvalue weighted by Gasteiger charge is 2.15. The van der Waals surface area contributed by atoms with Crippen LogP contribution in [0.1, 0.15) is 19.5 Å². The molecule has 0 atom stereocenters. The zero-order chi connectivity index (χ0) is 12.3. The highest BCUT2D eigenvalue weighted by atomic mass is 35.5. The third-order valence-electron chi connectivity index (χ3n) is 2.35. The molecule has 4 nitrogen and oxygen atoms in total. The van der Waals surface area contributed by atoms with Gasteiger partial charge in [-0.1, -0.05) is 13.8 Å². The Bertz CT molecular complexity index is 476. The number of nitrogens with zero attached hydrogens (tertiary/aromatic N) is 1. The number of halogens is 1. The van der Waals surface area contributed by atoms with E-state index in [0.29, 0.717) is 23.4 Å². The van der Waals surface area contributed by atoms with Crippen LogP contribution in [0.25, 0.3) is 11.3 Å². The van der Waals surface area contributed by atoms with Gasteiger partial charge in [0.2, 0.25) is 5.22 Å². The van der Waals surface area contributed by atoms with Crippen molar-refractivity contribution in [3.8, 4) is 11.3 Å². The summed E-state index contributed by atoms with van der Waals surface area (Å²) in [4.78, 5) is 4.18. The average Bonchev–Trinajstić information content (AvgIpc) is 2.86. The zero-order valence-electron chi connectivity index (χ0n) is 9.87. The molecule has 0 aliphatic carbocycles. The molecular formula is C12H15ClN2O2. The summed E-state index contributed by atoms with van der Waals surface area (Å²) in [6.07, 6.45) is 2.95. The lowest BCUT2D eigenvalue weighted by atomic mass is 10.2. The molecule has 0 fully saturated rings. The van der Waals surface area contributed by atoms with Gasteiger partial charge in [0.05, 0.1) is 11.8 Å². The van der Waals surface area contributed by atoms with Gasteiger partial charge >= 0.3 is 0 Å². The number of oxazole rings is 1. The third kappa shape index (κ3) is 2.90. The fourth-order valence-electron chi connectivity index (χ4n) is 1.55. The van der Waals surface area contributed by atoms with Crippen molar-refractivity contribution in [1.82, 2.24) is 10.3 Å². The maximum absolute atomic E-state index is 5.91. The molecule has 5 heteroatoms. The molecule has 0 saturated heterocycles. The topological polar surface area (TPSA) is 51.2 Å². The quantitative estimate of drug-likeness (QED) is 0.889. The Morgan fingerprint density at radius 2 is 2.24 bits per heavy atom. The number of hydrogen-bond donors (Lipinski definition) is 1. The molecule has 0 aromatic carbocycles. The number of rotatable bonds is 5. The SMILES string of the molecule is CC(C)CNCc1ncoc1-c1ccoc1Cl. The predicted octanol–water partition coefficient (Wildman–Crippen LogP) is 3.33. The fraction of sp³-hybridized carbons (Fsp3) is 0.417. The molecule has 0 saturated carbocycles. The van der Waals surface area contributed by atoms with E-state index in [1.165, 1.54) is 12.7 Å². The molecular weight excluding hydrogens is 240 g/mol. The first-order valence-electron chi connectivity index (χ1n) is 5.55. The van der Waals surface area contributed by atoms with Crippen molar-refractivity contribution in [2.75, 3.05) is 6.54 Å². The van der Waals surface area contributed by atoms with E-state index < -0.39 is 0 Å². The standard InChI is InChI=1S/C12H15ClN2O2/c1-8(2)5-14-6-10-11(17-7-15-10)9-3-4-16-12(9)13/h3-4,7-8,14H,5-6H2,1-2H3. The Morgan fingerprint density at radius 3 is 2.88 bits per heavy atom. The lowest BCUT2D eigenvalue weighted by molar-refractivity contribution is 0.543. The van der Waals surface area contributed by atoms with E-state index in [9.17, 15) is 0 Å². The summed E-state index contributed by atoms with van der Waals surface area (Å²) in [5.41, 5.74) is 1.58. The van der Waals surface area contributed by atoms with Gasteiger partial charge in [-0.25, -0.2) is 4.98 Å². The van der Waals surface area contributed by atoms with E-state index >= 15 is 0 Å². The summed E-state index contributed by atoms with van der Waals surface area (Å²) < 4.78 is 10.4. The summed E-state index contributed by atoms with van der Waals surface area (Å²) in [5, 5.41) is 3.64. The van der Waals surface area contributed by atoms with Crippen LogP contribution in [0.2, 0.25) is 5.22 Å². The minimum absolute atomic E-state index is 0.326. The van der Waals surface area contributed by atoms with E-state index in [2.05, 4.69) is 24.1 Å². The van der Waals surface area contributed by atoms with Gasteiger partial charge in [0.1, 0.15) is 5.69 Å². The van der Waals surface area contributed by atoms with Crippen LogP contribution in [0.4, 0.5) is 0 Å². The molecule has 17 heavy (non-hydrogen) atoms. The van der Waals surface area contributed by atoms with Crippen LogP contribution in [0.5, 0.6) is 0 Å². The van der Waals surface area contributed by atoms with Gasteiger partial charge in [-0.2, -0.15) is 0 Å². The van der Waals surface area contributed by atoms with E-state index in [1.54, 1.807) is 6.07 Å². The predicted molar refractivity (Wildman–Crippen MR) is 65.8 cm³/mol. The molecule has 0 aliphatic heterocycles. The Balaban J connectivity index is 2.10. The van der Waals surface area contributed by atoms with Crippen molar-refractivity contribution in [2.24, 2.45) is 5.92 Å². The molecule has 0 bridgehead atoms. The first-order chi connectivity index (χ1) is 8.18. The van der Waals surface area contributed by atoms with Crippen LogP contribution >= 0.6 is 11.6 Å². The maximum Gasteiger partial charge on any atom is 0.204 e. The van der Waals surface area contributed by atoms with E-state index in [1.807, 2.05) is 0 Å². The normalized spacial score (nSPS) is 11.3. The number of nitrogens with one attached hydrogen (secondary N) is 1. The van der Waals surface area contributed by atoms with Crippen molar-refractivity contribution < 1.29 is 8.83 Å². The molecule has 92 valence electrons. The van der Waals surface area contributed by atoms with Gasteiger partial charge in [-0.3, -0.25) is 0 Å². The minimum Gasteiger partial charge on any atom is -0.452 e. The van der Waals surface area contributed by atoms with Gasteiger partial charge in [0.15, 0.2) is 12.2 Å². The van der Waals surface area contributed by atoms with Crippen molar-refractivity contribution in [3.05, 3.63) is 29.6 Å². The Labute approximate surface area is 105 Å². The lowest BCUT2D eigenvalue weighted by Crippen LogP contribution is -2.19. The second-order valence-corrected chi connectivity index (χ2v) is 4.60. The lowest BCUT2D eigenvalue weighted by Gasteiger charge is -2.05. The summed E-state index contributed by atoms with van der Waals surface area (Å²) in [6.45, 7) is 5.91. The van der Waals surface area contributed by atoms with Crippen molar-refractivity contribution >= 4 is 11.6 Å². The Kier molecular flexibility index (Phi) is 3.86. The zero-order valence-corrected chi connectivity index (χ0v) is 10.6. The highest BCUT2D eigenvalue weighted by molar-refractivity contribution is 6.31. The van der Waals surface area contributed by atoms with E-state index in [0.717, 1.165) is 17.8 Å². The largest absolute Gasteiger partial charge is 0.452 e. The van der Waals surface area contributed by atoms with Gasteiger partial charge in [-0.05, 0) is 30.1 Å². The molecule has 2 aromatic heterocycles. The molecule has 0 aliphatic rings. The van der Waals surface area contributed by atoms with Crippen molar-refractivity contribution in [2.45, 2.75) is 20.4 Å². The molecule has 0 amide bonds. The summed E-state index contributed by atoms with van der Waals surface area (Å²) in [6, 6.07) is 1.77. The molecule has 1 N–H and O–H groups in total. The number of hydrogen-bond acceptors (Lipinski definition) is 4. The highest BCUT2D eigenvalue weighted by Crippen LogP contribution is 2.30. The minimum atomic E-state index is 0.326.